The Kier molecular flexibility index (Phi) is 4.06. The molecule has 3 rings (SSSR count). The molecule has 2 aromatic carbocycles. The van der Waals surface area contributed by atoms with E-state index in [1.54, 1.807) is 4.90 Å². The average molecular weight is 284 g/mol. The van der Waals surface area contributed by atoms with Gasteiger partial charge in [0, 0.05) is 19.1 Å². The van der Waals surface area contributed by atoms with Crippen LogP contribution in [0.2, 0.25) is 0 Å². The van der Waals surface area contributed by atoms with Crippen LogP contribution >= 0.6 is 0 Å². The number of aliphatic hydroxyl groups excluding tert-OH is 1. The molecule has 0 spiro atoms. The first-order valence-electron chi connectivity index (χ1n) is 7.41. The highest BCUT2D eigenvalue weighted by Crippen LogP contribution is 2.26. The van der Waals surface area contributed by atoms with E-state index >= 15 is 0 Å². The summed E-state index contributed by atoms with van der Waals surface area (Å²) >= 11 is 0. The number of carbonyl (C=O) groups is 1. The zero-order valence-corrected chi connectivity index (χ0v) is 12.0. The van der Waals surface area contributed by atoms with Gasteiger partial charge in [-0.1, -0.05) is 36.4 Å². The number of nitrogens with zero attached hydrogens (tertiary/aromatic N) is 1. The van der Waals surface area contributed by atoms with Gasteiger partial charge in [-0.3, -0.25) is 0 Å². The fraction of sp³-hybridized carbons (Fsp3) is 0.353. The number of fused-ring (bicyclic) bond motifs is 1. The molecule has 2 N–H and O–H groups in total. The van der Waals surface area contributed by atoms with Gasteiger partial charge >= 0.3 is 6.03 Å². The van der Waals surface area contributed by atoms with Crippen molar-refractivity contribution in [2.45, 2.75) is 25.4 Å². The van der Waals surface area contributed by atoms with Crippen molar-refractivity contribution in [1.29, 1.82) is 0 Å². The lowest BCUT2D eigenvalue weighted by atomic mass is 10.1. The molecule has 0 aromatic heterocycles. The summed E-state index contributed by atoms with van der Waals surface area (Å²) in [5, 5.41) is 14.4. The van der Waals surface area contributed by atoms with E-state index in [-0.39, 0.29) is 12.6 Å². The van der Waals surface area contributed by atoms with Crippen molar-refractivity contribution in [3.63, 3.8) is 0 Å². The van der Waals surface area contributed by atoms with Crippen LogP contribution in [-0.2, 0) is 6.54 Å². The van der Waals surface area contributed by atoms with Crippen LogP contribution in [0.4, 0.5) is 4.79 Å². The summed E-state index contributed by atoms with van der Waals surface area (Å²) < 4.78 is 0. The second-order valence-corrected chi connectivity index (χ2v) is 5.49. The Morgan fingerprint density at radius 3 is 2.67 bits per heavy atom. The second-order valence-electron chi connectivity index (χ2n) is 5.49. The first-order chi connectivity index (χ1) is 10.3. The Morgan fingerprint density at radius 2 is 1.95 bits per heavy atom. The number of hydrogen-bond donors (Lipinski definition) is 2. The van der Waals surface area contributed by atoms with Gasteiger partial charge in [0.25, 0.3) is 0 Å². The number of aliphatic hydroxyl groups is 1. The molecule has 1 saturated carbocycles. The van der Waals surface area contributed by atoms with Gasteiger partial charge in [0.05, 0.1) is 6.61 Å². The molecule has 0 radical (unpaired) electrons. The zero-order chi connectivity index (χ0) is 14.7. The predicted molar refractivity (Wildman–Crippen MR) is 83.0 cm³/mol. The Hall–Kier alpha value is -2.07. The van der Waals surface area contributed by atoms with E-state index in [9.17, 15) is 4.79 Å². The maximum atomic E-state index is 12.2. The van der Waals surface area contributed by atoms with Crippen LogP contribution < -0.4 is 5.32 Å². The number of nitrogens with one attached hydrogen (secondary N) is 1. The Balaban J connectivity index is 1.63. The number of carbonyl (C=O) groups excluding carboxylic acids is 1. The number of rotatable bonds is 5. The van der Waals surface area contributed by atoms with Crippen molar-refractivity contribution in [1.82, 2.24) is 10.2 Å². The quantitative estimate of drug-likeness (QED) is 0.886. The minimum Gasteiger partial charge on any atom is -0.395 e. The third-order valence-electron chi connectivity index (χ3n) is 3.85. The highest BCUT2D eigenvalue weighted by atomic mass is 16.3. The van der Waals surface area contributed by atoms with E-state index in [1.807, 2.05) is 18.2 Å². The summed E-state index contributed by atoms with van der Waals surface area (Å²) in [6.07, 6.45) is 2.09. The monoisotopic (exact) mass is 284 g/mol. The summed E-state index contributed by atoms with van der Waals surface area (Å²) in [6, 6.07) is 14.6. The van der Waals surface area contributed by atoms with Crippen LogP contribution in [-0.4, -0.2) is 35.2 Å². The largest absolute Gasteiger partial charge is 0.395 e. The lowest BCUT2D eigenvalue weighted by molar-refractivity contribution is 0.173. The minimum atomic E-state index is -0.0836. The van der Waals surface area contributed by atoms with E-state index in [1.165, 1.54) is 10.8 Å². The zero-order valence-electron chi connectivity index (χ0n) is 12.0. The molecule has 4 heteroatoms. The molecule has 0 bridgehead atoms. The Bertz CT molecular complexity index is 637. The van der Waals surface area contributed by atoms with Gasteiger partial charge in [-0.25, -0.2) is 4.79 Å². The molecule has 1 fully saturated rings. The standard InChI is InChI=1S/C17H20N2O2/c20-10-9-19(16-7-8-16)17(21)18-12-13-5-6-14-3-1-2-4-15(14)11-13/h1-6,11,16,20H,7-10,12H2,(H,18,21). The smallest absolute Gasteiger partial charge is 0.317 e. The molecular weight excluding hydrogens is 264 g/mol. The van der Waals surface area contributed by atoms with Gasteiger partial charge in [0.15, 0.2) is 0 Å². The van der Waals surface area contributed by atoms with Crippen LogP contribution in [0.1, 0.15) is 18.4 Å². The number of benzene rings is 2. The van der Waals surface area contributed by atoms with Crippen molar-refractivity contribution in [2.75, 3.05) is 13.2 Å². The van der Waals surface area contributed by atoms with Crippen LogP contribution in [0.5, 0.6) is 0 Å². The number of urea groups is 1. The van der Waals surface area contributed by atoms with Crippen LogP contribution in [0, 0.1) is 0 Å². The van der Waals surface area contributed by atoms with E-state index in [2.05, 4.69) is 29.6 Å². The van der Waals surface area contributed by atoms with Gasteiger partial charge in [-0.2, -0.15) is 0 Å². The maximum absolute atomic E-state index is 12.2. The SMILES string of the molecule is O=C(NCc1ccc2ccccc2c1)N(CCO)C1CC1. The van der Waals surface area contributed by atoms with Crippen molar-refractivity contribution in [3.05, 3.63) is 48.0 Å². The fourth-order valence-electron chi connectivity index (χ4n) is 2.57. The normalized spacial score (nSPS) is 14.1. The highest BCUT2D eigenvalue weighted by Gasteiger charge is 2.31. The van der Waals surface area contributed by atoms with Crippen LogP contribution in [0.15, 0.2) is 42.5 Å². The van der Waals surface area contributed by atoms with E-state index in [0.29, 0.717) is 19.1 Å². The molecule has 0 unspecified atom stereocenters. The van der Waals surface area contributed by atoms with Crippen molar-refractivity contribution < 1.29 is 9.90 Å². The third kappa shape index (κ3) is 3.34. The molecule has 4 nitrogen and oxygen atoms in total. The Labute approximate surface area is 124 Å². The fourth-order valence-corrected chi connectivity index (χ4v) is 2.57. The van der Waals surface area contributed by atoms with Gasteiger partial charge in [-0.05, 0) is 35.2 Å². The van der Waals surface area contributed by atoms with Gasteiger partial charge in [-0.15, -0.1) is 0 Å². The van der Waals surface area contributed by atoms with Crippen molar-refractivity contribution >= 4 is 16.8 Å². The van der Waals surface area contributed by atoms with Crippen molar-refractivity contribution in [3.8, 4) is 0 Å². The second kappa shape index (κ2) is 6.14. The molecular formula is C17H20N2O2. The molecule has 2 amide bonds. The maximum Gasteiger partial charge on any atom is 0.317 e. The lowest BCUT2D eigenvalue weighted by Gasteiger charge is -2.21. The minimum absolute atomic E-state index is 0.0138. The van der Waals surface area contributed by atoms with Gasteiger partial charge in [0.1, 0.15) is 0 Å². The van der Waals surface area contributed by atoms with Crippen LogP contribution in [0.3, 0.4) is 0 Å². The first-order valence-corrected chi connectivity index (χ1v) is 7.41. The molecule has 1 aliphatic rings. The Morgan fingerprint density at radius 1 is 1.19 bits per heavy atom. The van der Waals surface area contributed by atoms with E-state index in [0.717, 1.165) is 18.4 Å². The summed E-state index contributed by atoms with van der Waals surface area (Å²) in [5.74, 6) is 0. The molecule has 0 saturated heterocycles. The molecule has 2 aromatic rings. The molecule has 0 aliphatic heterocycles. The summed E-state index contributed by atoms with van der Waals surface area (Å²) in [5.41, 5.74) is 1.08. The summed E-state index contributed by atoms with van der Waals surface area (Å²) in [4.78, 5) is 13.9. The lowest BCUT2D eigenvalue weighted by Crippen LogP contribution is -2.42. The predicted octanol–water partition coefficient (Wildman–Crippen LogP) is 2.51. The number of amides is 2. The summed E-state index contributed by atoms with van der Waals surface area (Å²) in [6.45, 7) is 0.937. The summed E-state index contributed by atoms with van der Waals surface area (Å²) in [7, 11) is 0. The molecule has 21 heavy (non-hydrogen) atoms. The van der Waals surface area contributed by atoms with Gasteiger partial charge < -0.3 is 15.3 Å². The van der Waals surface area contributed by atoms with Crippen molar-refractivity contribution in [2.24, 2.45) is 0 Å². The van der Waals surface area contributed by atoms with E-state index < -0.39 is 0 Å². The van der Waals surface area contributed by atoms with Gasteiger partial charge in [0.2, 0.25) is 0 Å². The molecule has 110 valence electrons. The topological polar surface area (TPSA) is 52.6 Å². The molecule has 0 heterocycles. The molecule has 1 aliphatic carbocycles. The van der Waals surface area contributed by atoms with Crippen LogP contribution in [0.25, 0.3) is 10.8 Å². The third-order valence-corrected chi connectivity index (χ3v) is 3.85. The highest BCUT2D eigenvalue weighted by molar-refractivity contribution is 5.83. The first kappa shape index (κ1) is 13.9. The van der Waals surface area contributed by atoms with E-state index in [4.69, 9.17) is 5.11 Å². The number of hydrogen-bond acceptors (Lipinski definition) is 2. The molecule has 0 atom stereocenters. The average Bonchev–Trinajstić information content (AvgIpc) is 3.34.